The number of morpholine rings is 1. The van der Waals surface area contributed by atoms with Crippen molar-refractivity contribution in [2.75, 3.05) is 44.7 Å². The number of hydrogen-bond acceptors (Lipinski definition) is 4. The maximum atomic E-state index is 5.95. The van der Waals surface area contributed by atoms with Crippen molar-refractivity contribution >= 4 is 5.69 Å². The molecule has 21 heavy (non-hydrogen) atoms. The van der Waals surface area contributed by atoms with Gasteiger partial charge in [0.25, 0.3) is 0 Å². The van der Waals surface area contributed by atoms with E-state index in [1.165, 1.54) is 29.7 Å². The van der Waals surface area contributed by atoms with Crippen LogP contribution in [-0.2, 0) is 11.2 Å². The second-order valence-electron chi connectivity index (χ2n) is 6.13. The molecule has 4 nitrogen and oxygen atoms in total. The van der Waals surface area contributed by atoms with E-state index in [-0.39, 0.29) is 6.10 Å². The highest BCUT2D eigenvalue weighted by Gasteiger charge is 2.32. The standard InChI is InChI=1S/C17H27N3O/c1-3-20-9-10-21-16(12-18)17(20)14-6-7-15-13(11-14)5-4-8-19(15)2/h6-7,11,16-17H,3-5,8-10,12,18H2,1-2H3. The maximum absolute atomic E-state index is 5.95. The predicted octanol–water partition coefficient (Wildman–Crippen LogP) is 1.79. The number of anilines is 1. The van der Waals surface area contributed by atoms with Crippen LogP contribution in [0.4, 0.5) is 5.69 Å². The smallest absolute Gasteiger partial charge is 0.0894 e. The average molecular weight is 289 g/mol. The van der Waals surface area contributed by atoms with Gasteiger partial charge in [0.2, 0.25) is 0 Å². The summed E-state index contributed by atoms with van der Waals surface area (Å²) in [7, 11) is 2.18. The number of hydrogen-bond donors (Lipinski definition) is 1. The maximum Gasteiger partial charge on any atom is 0.0894 e. The molecule has 4 heteroatoms. The fraction of sp³-hybridized carbons (Fsp3) is 0.647. The summed E-state index contributed by atoms with van der Waals surface area (Å²) in [5.74, 6) is 0. The molecule has 0 aliphatic carbocycles. The van der Waals surface area contributed by atoms with Gasteiger partial charge >= 0.3 is 0 Å². The van der Waals surface area contributed by atoms with E-state index in [4.69, 9.17) is 10.5 Å². The average Bonchev–Trinajstić information content (AvgIpc) is 2.54. The summed E-state index contributed by atoms with van der Waals surface area (Å²) >= 11 is 0. The molecule has 3 rings (SSSR count). The minimum Gasteiger partial charge on any atom is -0.374 e. The Balaban J connectivity index is 1.93. The molecule has 116 valence electrons. The molecule has 0 saturated carbocycles. The quantitative estimate of drug-likeness (QED) is 0.921. The number of nitrogens with two attached hydrogens (primary N) is 1. The van der Waals surface area contributed by atoms with Crippen LogP contribution >= 0.6 is 0 Å². The molecular weight excluding hydrogens is 262 g/mol. The molecule has 1 aromatic carbocycles. The highest BCUT2D eigenvalue weighted by atomic mass is 16.5. The lowest BCUT2D eigenvalue weighted by atomic mass is 9.92. The largest absolute Gasteiger partial charge is 0.374 e. The molecule has 1 saturated heterocycles. The van der Waals surface area contributed by atoms with Crippen molar-refractivity contribution in [3.63, 3.8) is 0 Å². The molecule has 0 radical (unpaired) electrons. The molecule has 2 aliphatic heterocycles. The lowest BCUT2D eigenvalue weighted by molar-refractivity contribution is -0.0658. The van der Waals surface area contributed by atoms with Gasteiger partial charge in [-0.1, -0.05) is 19.1 Å². The molecule has 0 aromatic heterocycles. The molecule has 0 bridgehead atoms. The number of ether oxygens (including phenoxy) is 1. The van der Waals surface area contributed by atoms with Gasteiger partial charge in [0.15, 0.2) is 0 Å². The fourth-order valence-electron chi connectivity index (χ4n) is 3.75. The van der Waals surface area contributed by atoms with Gasteiger partial charge in [-0.2, -0.15) is 0 Å². The summed E-state index contributed by atoms with van der Waals surface area (Å²) < 4.78 is 5.91. The van der Waals surface area contributed by atoms with Gasteiger partial charge in [0.05, 0.1) is 18.8 Å². The van der Waals surface area contributed by atoms with Crippen molar-refractivity contribution in [3.05, 3.63) is 29.3 Å². The van der Waals surface area contributed by atoms with Gasteiger partial charge < -0.3 is 15.4 Å². The van der Waals surface area contributed by atoms with E-state index >= 15 is 0 Å². The van der Waals surface area contributed by atoms with Crippen molar-refractivity contribution in [1.29, 1.82) is 0 Å². The minimum absolute atomic E-state index is 0.109. The molecule has 2 aliphatic rings. The first kappa shape index (κ1) is 14.8. The molecule has 1 aromatic rings. The lowest BCUT2D eigenvalue weighted by Gasteiger charge is -2.41. The second kappa shape index (κ2) is 6.34. The van der Waals surface area contributed by atoms with Crippen LogP contribution in [-0.4, -0.2) is 50.8 Å². The summed E-state index contributed by atoms with van der Waals surface area (Å²) in [5, 5.41) is 0. The number of aryl methyl sites for hydroxylation is 1. The number of benzene rings is 1. The molecule has 1 fully saturated rings. The van der Waals surface area contributed by atoms with Crippen LogP contribution < -0.4 is 10.6 Å². The van der Waals surface area contributed by atoms with Crippen molar-refractivity contribution in [2.24, 2.45) is 5.73 Å². The van der Waals surface area contributed by atoms with Crippen LogP contribution in [0.2, 0.25) is 0 Å². The van der Waals surface area contributed by atoms with Crippen LogP contribution in [0.25, 0.3) is 0 Å². The SMILES string of the molecule is CCN1CCOC(CN)C1c1ccc2c(c1)CCCN2C. The summed E-state index contributed by atoms with van der Waals surface area (Å²) in [6.07, 6.45) is 2.53. The van der Waals surface area contributed by atoms with E-state index in [9.17, 15) is 0 Å². The third kappa shape index (κ3) is 2.80. The van der Waals surface area contributed by atoms with Gasteiger partial charge in [0, 0.05) is 32.4 Å². The van der Waals surface area contributed by atoms with Gasteiger partial charge in [0.1, 0.15) is 0 Å². The van der Waals surface area contributed by atoms with E-state index in [2.05, 4.69) is 42.0 Å². The second-order valence-corrected chi connectivity index (χ2v) is 6.13. The normalized spacial score (nSPS) is 26.7. The Morgan fingerprint density at radius 1 is 1.33 bits per heavy atom. The summed E-state index contributed by atoms with van der Waals surface area (Å²) in [4.78, 5) is 4.85. The van der Waals surface area contributed by atoms with Gasteiger partial charge in [-0.3, -0.25) is 4.90 Å². The third-order valence-corrected chi connectivity index (χ3v) is 4.89. The van der Waals surface area contributed by atoms with Crippen LogP contribution in [0.5, 0.6) is 0 Å². The van der Waals surface area contributed by atoms with Crippen LogP contribution in [0.3, 0.4) is 0 Å². The first-order chi connectivity index (χ1) is 10.2. The lowest BCUT2D eigenvalue weighted by Crippen LogP contribution is -2.48. The number of nitrogens with zero attached hydrogens (tertiary/aromatic N) is 2. The van der Waals surface area contributed by atoms with Crippen molar-refractivity contribution in [1.82, 2.24) is 4.90 Å². The molecule has 2 heterocycles. The third-order valence-electron chi connectivity index (χ3n) is 4.89. The Bertz CT molecular complexity index is 479. The summed E-state index contributed by atoms with van der Waals surface area (Å²) in [6.45, 7) is 6.79. The zero-order chi connectivity index (χ0) is 14.8. The fourth-order valence-corrected chi connectivity index (χ4v) is 3.75. The topological polar surface area (TPSA) is 41.7 Å². The Labute approximate surface area is 127 Å². The van der Waals surface area contributed by atoms with Crippen molar-refractivity contribution < 1.29 is 4.74 Å². The van der Waals surface area contributed by atoms with Crippen LogP contribution in [0, 0.1) is 0 Å². The number of likely N-dealkylation sites (N-methyl/N-ethyl adjacent to an activating group) is 1. The molecule has 2 N–H and O–H groups in total. The van der Waals surface area contributed by atoms with Crippen LogP contribution in [0.15, 0.2) is 18.2 Å². The Kier molecular flexibility index (Phi) is 4.48. The van der Waals surface area contributed by atoms with Crippen molar-refractivity contribution in [2.45, 2.75) is 31.9 Å². The van der Waals surface area contributed by atoms with Crippen LogP contribution in [0.1, 0.15) is 30.5 Å². The molecule has 0 spiro atoms. The monoisotopic (exact) mass is 289 g/mol. The highest BCUT2D eigenvalue weighted by molar-refractivity contribution is 5.56. The van der Waals surface area contributed by atoms with E-state index in [1.807, 2.05) is 0 Å². The van der Waals surface area contributed by atoms with Crippen molar-refractivity contribution in [3.8, 4) is 0 Å². The summed E-state index contributed by atoms with van der Waals surface area (Å²) in [6, 6.07) is 7.23. The molecular formula is C17H27N3O. The van der Waals surface area contributed by atoms with Gasteiger partial charge in [-0.05, 0) is 36.6 Å². The van der Waals surface area contributed by atoms with Gasteiger partial charge in [-0.15, -0.1) is 0 Å². The summed E-state index contributed by atoms with van der Waals surface area (Å²) in [5.41, 5.74) is 10.2. The first-order valence-electron chi connectivity index (χ1n) is 8.14. The Morgan fingerprint density at radius 2 is 2.19 bits per heavy atom. The molecule has 0 amide bonds. The molecule has 2 unspecified atom stereocenters. The minimum atomic E-state index is 0.109. The zero-order valence-corrected chi connectivity index (χ0v) is 13.2. The van der Waals surface area contributed by atoms with E-state index in [0.717, 1.165) is 26.2 Å². The number of fused-ring (bicyclic) bond motifs is 1. The van der Waals surface area contributed by atoms with E-state index in [1.54, 1.807) is 0 Å². The van der Waals surface area contributed by atoms with E-state index < -0.39 is 0 Å². The Morgan fingerprint density at radius 3 is 2.95 bits per heavy atom. The molecule has 2 atom stereocenters. The van der Waals surface area contributed by atoms with E-state index in [0.29, 0.717) is 12.6 Å². The number of rotatable bonds is 3. The highest BCUT2D eigenvalue weighted by Crippen LogP contribution is 2.34. The Hall–Kier alpha value is -1.10. The van der Waals surface area contributed by atoms with Gasteiger partial charge in [-0.25, -0.2) is 0 Å². The zero-order valence-electron chi connectivity index (χ0n) is 13.2. The first-order valence-corrected chi connectivity index (χ1v) is 8.14. The predicted molar refractivity (Wildman–Crippen MR) is 86.8 cm³/mol.